The number of esters is 1. The first-order valence-corrected chi connectivity index (χ1v) is 7.72. The molecule has 0 fully saturated rings. The molecule has 5 nitrogen and oxygen atoms in total. The van der Waals surface area contributed by atoms with Crippen molar-refractivity contribution in [2.24, 2.45) is 0 Å². The Morgan fingerprint density at radius 1 is 1.48 bits per heavy atom. The standard InChI is InChI=1S/C15H18N2O3S/c1-10-4-5-17-13(6-10)16-12(8-14(17)18)9-21-11(2)7-15(19)20-3/h4-6,8,11H,7,9H2,1-3H3. The van der Waals surface area contributed by atoms with E-state index < -0.39 is 0 Å². The van der Waals surface area contributed by atoms with Crippen LogP contribution >= 0.6 is 11.8 Å². The second-order valence-corrected chi connectivity index (χ2v) is 6.35. The maximum absolute atomic E-state index is 12.0. The van der Waals surface area contributed by atoms with Crippen molar-refractivity contribution in [1.82, 2.24) is 9.38 Å². The number of hydrogen-bond acceptors (Lipinski definition) is 5. The molecule has 0 aliphatic heterocycles. The molecule has 0 spiro atoms. The molecule has 6 heteroatoms. The van der Waals surface area contributed by atoms with Crippen molar-refractivity contribution in [1.29, 1.82) is 0 Å². The van der Waals surface area contributed by atoms with E-state index >= 15 is 0 Å². The summed E-state index contributed by atoms with van der Waals surface area (Å²) in [6.45, 7) is 3.92. The molecule has 2 aromatic rings. The molecule has 0 amide bonds. The molecule has 0 aliphatic rings. The highest BCUT2D eigenvalue weighted by Crippen LogP contribution is 2.19. The minimum absolute atomic E-state index is 0.0868. The van der Waals surface area contributed by atoms with Crippen LogP contribution in [0.15, 0.2) is 29.2 Å². The van der Waals surface area contributed by atoms with Crippen LogP contribution in [0.4, 0.5) is 0 Å². The number of ether oxygens (including phenoxy) is 1. The lowest BCUT2D eigenvalue weighted by atomic mass is 10.3. The smallest absolute Gasteiger partial charge is 0.306 e. The predicted molar refractivity (Wildman–Crippen MR) is 83.6 cm³/mol. The van der Waals surface area contributed by atoms with Crippen LogP contribution in [0.5, 0.6) is 0 Å². The summed E-state index contributed by atoms with van der Waals surface area (Å²) >= 11 is 1.58. The third-order valence-electron chi connectivity index (χ3n) is 3.07. The molecular weight excluding hydrogens is 288 g/mol. The van der Waals surface area contributed by atoms with E-state index in [0.717, 1.165) is 11.3 Å². The Morgan fingerprint density at radius 2 is 2.24 bits per heavy atom. The zero-order valence-electron chi connectivity index (χ0n) is 12.3. The first-order chi connectivity index (χ1) is 9.99. The van der Waals surface area contributed by atoms with Crippen molar-refractivity contribution < 1.29 is 9.53 Å². The molecule has 0 radical (unpaired) electrons. The predicted octanol–water partition coefficient (Wildman–Crippen LogP) is 2.19. The number of thioether (sulfide) groups is 1. The number of carbonyl (C=O) groups is 1. The molecule has 1 atom stereocenters. The van der Waals surface area contributed by atoms with E-state index in [1.807, 2.05) is 26.0 Å². The zero-order chi connectivity index (χ0) is 15.4. The highest BCUT2D eigenvalue weighted by Gasteiger charge is 2.11. The van der Waals surface area contributed by atoms with Gasteiger partial charge in [-0.3, -0.25) is 14.0 Å². The van der Waals surface area contributed by atoms with E-state index in [0.29, 0.717) is 17.8 Å². The number of fused-ring (bicyclic) bond motifs is 1. The molecule has 2 rings (SSSR count). The van der Waals surface area contributed by atoms with Crippen LogP contribution in [-0.4, -0.2) is 27.7 Å². The maximum atomic E-state index is 12.0. The van der Waals surface area contributed by atoms with E-state index in [2.05, 4.69) is 9.72 Å². The summed E-state index contributed by atoms with van der Waals surface area (Å²) in [5.74, 6) is 0.370. The molecular formula is C15H18N2O3S. The number of aromatic nitrogens is 2. The van der Waals surface area contributed by atoms with Crippen molar-refractivity contribution in [2.75, 3.05) is 7.11 Å². The average Bonchev–Trinajstić information content (AvgIpc) is 2.44. The Morgan fingerprint density at radius 3 is 2.95 bits per heavy atom. The fourth-order valence-corrected chi connectivity index (χ4v) is 2.79. The molecule has 0 aliphatic carbocycles. The summed E-state index contributed by atoms with van der Waals surface area (Å²) in [4.78, 5) is 27.7. The second kappa shape index (κ2) is 6.76. The fraction of sp³-hybridized carbons (Fsp3) is 0.400. The zero-order valence-corrected chi connectivity index (χ0v) is 13.1. The summed E-state index contributed by atoms with van der Waals surface area (Å²) in [5.41, 5.74) is 2.35. The monoisotopic (exact) mass is 306 g/mol. The summed E-state index contributed by atoms with van der Waals surface area (Å²) in [5, 5.41) is 0.121. The number of rotatable bonds is 5. The van der Waals surface area contributed by atoms with Crippen LogP contribution in [0.2, 0.25) is 0 Å². The van der Waals surface area contributed by atoms with Gasteiger partial charge in [0.1, 0.15) is 5.65 Å². The minimum Gasteiger partial charge on any atom is -0.469 e. The maximum Gasteiger partial charge on any atom is 0.306 e. The number of nitrogens with zero attached hydrogens (tertiary/aromatic N) is 2. The topological polar surface area (TPSA) is 60.7 Å². The number of pyridine rings is 1. The molecule has 21 heavy (non-hydrogen) atoms. The van der Waals surface area contributed by atoms with E-state index in [1.165, 1.54) is 11.5 Å². The van der Waals surface area contributed by atoms with Crippen molar-refractivity contribution >= 4 is 23.4 Å². The number of aryl methyl sites for hydroxylation is 1. The quantitative estimate of drug-likeness (QED) is 0.792. The molecule has 1 unspecified atom stereocenters. The first kappa shape index (κ1) is 15.6. The van der Waals surface area contributed by atoms with Crippen LogP contribution in [0.3, 0.4) is 0 Å². The second-order valence-electron chi connectivity index (χ2n) is 4.92. The molecule has 0 saturated heterocycles. The normalized spacial score (nSPS) is 12.3. The molecule has 2 heterocycles. The molecule has 0 aromatic carbocycles. The summed E-state index contributed by atoms with van der Waals surface area (Å²) in [6.07, 6.45) is 2.09. The summed E-state index contributed by atoms with van der Waals surface area (Å²) < 4.78 is 6.17. The van der Waals surface area contributed by atoms with Gasteiger partial charge in [0.15, 0.2) is 0 Å². The molecule has 0 N–H and O–H groups in total. The highest BCUT2D eigenvalue weighted by atomic mass is 32.2. The Bertz CT molecular complexity index is 712. The molecule has 0 bridgehead atoms. The van der Waals surface area contributed by atoms with Gasteiger partial charge in [-0.2, -0.15) is 11.8 Å². The van der Waals surface area contributed by atoms with Crippen LogP contribution in [0.1, 0.15) is 24.6 Å². The van der Waals surface area contributed by atoms with E-state index in [4.69, 9.17) is 0 Å². The number of hydrogen-bond donors (Lipinski definition) is 0. The third kappa shape index (κ3) is 4.07. The van der Waals surface area contributed by atoms with Gasteiger partial charge in [-0.05, 0) is 24.6 Å². The van der Waals surface area contributed by atoms with Gasteiger partial charge in [0.05, 0.1) is 19.2 Å². The van der Waals surface area contributed by atoms with Crippen molar-refractivity contribution in [3.8, 4) is 0 Å². The Labute approximate surface area is 127 Å². The number of methoxy groups -OCH3 is 1. The summed E-state index contributed by atoms with van der Waals surface area (Å²) in [6, 6.07) is 5.30. The highest BCUT2D eigenvalue weighted by molar-refractivity contribution is 7.99. The first-order valence-electron chi connectivity index (χ1n) is 6.67. The van der Waals surface area contributed by atoms with Gasteiger partial charge in [0, 0.05) is 23.3 Å². The minimum atomic E-state index is -0.225. The van der Waals surface area contributed by atoms with Crippen LogP contribution < -0.4 is 5.56 Å². The Kier molecular flexibility index (Phi) is 5.01. The van der Waals surface area contributed by atoms with Gasteiger partial charge < -0.3 is 4.74 Å². The van der Waals surface area contributed by atoms with Gasteiger partial charge in [0.2, 0.25) is 0 Å². The molecule has 0 saturated carbocycles. The van der Waals surface area contributed by atoms with Gasteiger partial charge in [0.25, 0.3) is 5.56 Å². The van der Waals surface area contributed by atoms with Crippen molar-refractivity contribution in [3.63, 3.8) is 0 Å². The van der Waals surface area contributed by atoms with E-state index in [1.54, 1.807) is 24.0 Å². The van der Waals surface area contributed by atoms with Gasteiger partial charge in [-0.25, -0.2) is 4.98 Å². The van der Waals surface area contributed by atoms with Crippen molar-refractivity contribution in [3.05, 3.63) is 46.0 Å². The SMILES string of the molecule is COC(=O)CC(C)SCc1cc(=O)n2ccc(C)cc2n1. The van der Waals surface area contributed by atoms with Gasteiger partial charge in [-0.15, -0.1) is 0 Å². The molecule has 112 valence electrons. The summed E-state index contributed by atoms with van der Waals surface area (Å²) in [7, 11) is 1.38. The Balaban J connectivity index is 2.12. The van der Waals surface area contributed by atoms with Crippen molar-refractivity contribution in [2.45, 2.75) is 31.3 Å². The van der Waals surface area contributed by atoms with Crippen LogP contribution in [0, 0.1) is 6.92 Å². The largest absolute Gasteiger partial charge is 0.469 e. The van der Waals surface area contributed by atoms with Gasteiger partial charge in [-0.1, -0.05) is 6.92 Å². The Hall–Kier alpha value is -1.82. The van der Waals surface area contributed by atoms with Crippen LogP contribution in [0.25, 0.3) is 5.65 Å². The fourth-order valence-electron chi connectivity index (χ4n) is 1.93. The van der Waals surface area contributed by atoms with E-state index in [9.17, 15) is 9.59 Å². The number of carbonyl (C=O) groups excluding carboxylic acids is 1. The molecule has 2 aromatic heterocycles. The van der Waals surface area contributed by atoms with E-state index in [-0.39, 0.29) is 16.8 Å². The average molecular weight is 306 g/mol. The van der Waals surface area contributed by atoms with Gasteiger partial charge >= 0.3 is 5.97 Å². The lowest BCUT2D eigenvalue weighted by Crippen LogP contribution is -2.15. The van der Waals surface area contributed by atoms with Crippen LogP contribution in [-0.2, 0) is 15.3 Å². The lowest BCUT2D eigenvalue weighted by Gasteiger charge is -2.10. The lowest BCUT2D eigenvalue weighted by molar-refractivity contribution is -0.140. The third-order valence-corrected chi connectivity index (χ3v) is 4.27.